The highest BCUT2D eigenvalue weighted by atomic mass is 15.1. The molecule has 2 nitrogen and oxygen atoms in total. The Morgan fingerprint density at radius 2 is 1.67 bits per heavy atom. The Bertz CT molecular complexity index is 331. The largest absolute Gasteiger partial charge is 0.375 e. The molecule has 1 rings (SSSR count). The van der Waals surface area contributed by atoms with Gasteiger partial charge in [-0.1, -0.05) is 39.5 Å². The molecule has 0 saturated heterocycles. The fourth-order valence-corrected chi connectivity index (χ4v) is 1.29. The molecule has 0 saturated carbocycles. The van der Waals surface area contributed by atoms with Crippen molar-refractivity contribution in [2.24, 2.45) is 0 Å². The molecule has 0 unspecified atom stereocenters. The van der Waals surface area contributed by atoms with Gasteiger partial charge in [-0.15, -0.1) is 0 Å². The highest BCUT2D eigenvalue weighted by molar-refractivity contribution is 5.49. The SMILES string of the molecule is C=C(NC)Nc1ccc(C(C)(C)C)cc1. The summed E-state index contributed by atoms with van der Waals surface area (Å²) in [4.78, 5) is 0. The van der Waals surface area contributed by atoms with Gasteiger partial charge >= 0.3 is 0 Å². The third-order valence-corrected chi connectivity index (χ3v) is 2.35. The van der Waals surface area contributed by atoms with Gasteiger partial charge in [0.05, 0.1) is 5.82 Å². The van der Waals surface area contributed by atoms with Crippen LogP contribution in [-0.2, 0) is 5.41 Å². The van der Waals surface area contributed by atoms with E-state index >= 15 is 0 Å². The average molecular weight is 204 g/mol. The lowest BCUT2D eigenvalue weighted by atomic mass is 9.87. The zero-order valence-electron chi connectivity index (χ0n) is 10.0. The molecule has 0 aliphatic rings. The summed E-state index contributed by atoms with van der Waals surface area (Å²) in [6, 6.07) is 8.43. The van der Waals surface area contributed by atoms with Crippen LogP contribution in [0.25, 0.3) is 0 Å². The van der Waals surface area contributed by atoms with E-state index in [0.29, 0.717) is 0 Å². The molecule has 2 heteroatoms. The van der Waals surface area contributed by atoms with Gasteiger partial charge in [-0.25, -0.2) is 0 Å². The molecule has 0 aliphatic heterocycles. The Kier molecular flexibility index (Phi) is 3.40. The van der Waals surface area contributed by atoms with Crippen molar-refractivity contribution in [2.75, 3.05) is 12.4 Å². The van der Waals surface area contributed by atoms with Crippen molar-refractivity contribution < 1.29 is 0 Å². The number of hydrogen-bond donors (Lipinski definition) is 2. The maximum absolute atomic E-state index is 3.82. The highest BCUT2D eigenvalue weighted by Gasteiger charge is 2.12. The minimum Gasteiger partial charge on any atom is -0.375 e. The first-order valence-corrected chi connectivity index (χ1v) is 5.17. The van der Waals surface area contributed by atoms with Gasteiger partial charge in [0.15, 0.2) is 0 Å². The second kappa shape index (κ2) is 4.39. The van der Waals surface area contributed by atoms with E-state index < -0.39 is 0 Å². The first-order chi connectivity index (χ1) is 6.93. The topological polar surface area (TPSA) is 24.1 Å². The molecule has 0 heterocycles. The van der Waals surface area contributed by atoms with Gasteiger partial charge in [0.2, 0.25) is 0 Å². The maximum atomic E-state index is 3.82. The molecule has 0 aromatic heterocycles. The molecule has 1 aromatic rings. The summed E-state index contributed by atoms with van der Waals surface area (Å²) < 4.78 is 0. The van der Waals surface area contributed by atoms with Crippen molar-refractivity contribution in [1.82, 2.24) is 5.32 Å². The number of rotatable bonds is 3. The molecule has 1 aromatic carbocycles. The van der Waals surface area contributed by atoms with Gasteiger partial charge in [0.1, 0.15) is 0 Å². The van der Waals surface area contributed by atoms with Gasteiger partial charge in [-0.05, 0) is 23.1 Å². The number of benzene rings is 1. The highest BCUT2D eigenvalue weighted by Crippen LogP contribution is 2.23. The van der Waals surface area contributed by atoms with Crippen molar-refractivity contribution >= 4 is 5.69 Å². The number of anilines is 1. The van der Waals surface area contributed by atoms with Crippen molar-refractivity contribution in [3.8, 4) is 0 Å². The van der Waals surface area contributed by atoms with E-state index in [9.17, 15) is 0 Å². The van der Waals surface area contributed by atoms with Crippen LogP contribution < -0.4 is 10.6 Å². The molecule has 0 amide bonds. The van der Waals surface area contributed by atoms with E-state index in [1.165, 1.54) is 5.56 Å². The monoisotopic (exact) mass is 204 g/mol. The van der Waals surface area contributed by atoms with Crippen LogP contribution in [-0.4, -0.2) is 7.05 Å². The fourth-order valence-electron chi connectivity index (χ4n) is 1.29. The summed E-state index contributed by atoms with van der Waals surface area (Å²) in [5, 5.41) is 6.12. The molecule has 0 aliphatic carbocycles. The molecule has 0 bridgehead atoms. The lowest BCUT2D eigenvalue weighted by Gasteiger charge is -2.19. The van der Waals surface area contributed by atoms with Gasteiger partial charge in [0.25, 0.3) is 0 Å². The zero-order valence-corrected chi connectivity index (χ0v) is 10.0. The first kappa shape index (κ1) is 11.6. The zero-order chi connectivity index (χ0) is 11.5. The normalized spacial score (nSPS) is 10.9. The summed E-state index contributed by atoms with van der Waals surface area (Å²) in [6.07, 6.45) is 0. The minimum atomic E-state index is 0.207. The van der Waals surface area contributed by atoms with Crippen molar-refractivity contribution in [2.45, 2.75) is 26.2 Å². The predicted octanol–water partition coefficient (Wildman–Crippen LogP) is 3.09. The van der Waals surface area contributed by atoms with E-state index in [-0.39, 0.29) is 5.41 Å². The Balaban J connectivity index is 2.77. The van der Waals surface area contributed by atoms with Crippen LogP contribution in [0.4, 0.5) is 5.69 Å². The van der Waals surface area contributed by atoms with E-state index in [2.05, 4.69) is 62.2 Å². The molecule has 82 valence electrons. The van der Waals surface area contributed by atoms with E-state index in [1.54, 1.807) is 0 Å². The number of hydrogen-bond acceptors (Lipinski definition) is 2. The Morgan fingerprint density at radius 1 is 1.13 bits per heavy atom. The summed E-state index contributed by atoms with van der Waals surface area (Å²) in [7, 11) is 1.85. The summed E-state index contributed by atoms with van der Waals surface area (Å²) in [5.74, 6) is 0.804. The van der Waals surface area contributed by atoms with Crippen molar-refractivity contribution in [3.63, 3.8) is 0 Å². The van der Waals surface area contributed by atoms with Crippen LogP contribution in [0.5, 0.6) is 0 Å². The van der Waals surface area contributed by atoms with Crippen LogP contribution in [0.15, 0.2) is 36.7 Å². The van der Waals surface area contributed by atoms with Crippen LogP contribution in [0, 0.1) is 0 Å². The fraction of sp³-hybridized carbons (Fsp3) is 0.385. The number of nitrogens with one attached hydrogen (secondary N) is 2. The van der Waals surface area contributed by atoms with Crippen LogP contribution >= 0.6 is 0 Å². The van der Waals surface area contributed by atoms with Crippen molar-refractivity contribution in [3.05, 3.63) is 42.2 Å². The molecular formula is C13H20N2. The molecule has 0 spiro atoms. The molecular weight excluding hydrogens is 184 g/mol. The minimum absolute atomic E-state index is 0.207. The standard InChI is InChI=1S/C13H20N2/c1-10(14-5)15-12-8-6-11(7-9-12)13(2,3)4/h6-9,14-15H,1H2,2-5H3. The third kappa shape index (κ3) is 3.31. The smallest absolute Gasteiger partial charge is 0.0954 e. The van der Waals surface area contributed by atoms with E-state index in [4.69, 9.17) is 0 Å². The van der Waals surface area contributed by atoms with Crippen molar-refractivity contribution in [1.29, 1.82) is 0 Å². The quantitative estimate of drug-likeness (QED) is 0.790. The third-order valence-electron chi connectivity index (χ3n) is 2.35. The first-order valence-electron chi connectivity index (χ1n) is 5.17. The Labute approximate surface area is 92.4 Å². The molecule has 0 radical (unpaired) electrons. The Morgan fingerprint density at radius 3 is 2.07 bits per heavy atom. The van der Waals surface area contributed by atoms with Crippen LogP contribution in [0.2, 0.25) is 0 Å². The molecule has 0 atom stereocenters. The summed E-state index contributed by atoms with van der Waals surface area (Å²) in [6.45, 7) is 10.4. The van der Waals surface area contributed by atoms with Crippen LogP contribution in [0.1, 0.15) is 26.3 Å². The van der Waals surface area contributed by atoms with E-state index in [0.717, 1.165) is 11.5 Å². The van der Waals surface area contributed by atoms with Gasteiger partial charge in [0, 0.05) is 12.7 Å². The Hall–Kier alpha value is -1.44. The lowest BCUT2D eigenvalue weighted by Crippen LogP contribution is -2.14. The average Bonchev–Trinajstić information content (AvgIpc) is 2.17. The van der Waals surface area contributed by atoms with Gasteiger partial charge < -0.3 is 10.6 Å². The van der Waals surface area contributed by atoms with Gasteiger partial charge in [-0.3, -0.25) is 0 Å². The van der Waals surface area contributed by atoms with E-state index in [1.807, 2.05) is 7.05 Å². The second-order valence-corrected chi connectivity index (χ2v) is 4.68. The molecule has 15 heavy (non-hydrogen) atoms. The molecule has 2 N–H and O–H groups in total. The molecule has 0 fully saturated rings. The van der Waals surface area contributed by atoms with Gasteiger partial charge in [-0.2, -0.15) is 0 Å². The summed E-state index contributed by atoms with van der Waals surface area (Å²) >= 11 is 0. The van der Waals surface area contributed by atoms with Crippen LogP contribution in [0.3, 0.4) is 0 Å². The second-order valence-electron chi connectivity index (χ2n) is 4.68. The summed E-state index contributed by atoms with van der Waals surface area (Å²) in [5.41, 5.74) is 2.60. The lowest BCUT2D eigenvalue weighted by molar-refractivity contribution is 0.590. The maximum Gasteiger partial charge on any atom is 0.0954 e. The predicted molar refractivity (Wildman–Crippen MR) is 67.0 cm³/mol.